The molecule has 5 nitrogen and oxygen atoms in total. The smallest absolute Gasteiger partial charge is 0.193 e. The summed E-state index contributed by atoms with van der Waals surface area (Å²) in [5.41, 5.74) is 1.34. The number of nitrogens with one attached hydrogen (secondary N) is 1. The maximum atomic E-state index is 4.41. The van der Waals surface area contributed by atoms with E-state index in [0.717, 1.165) is 45.2 Å². The summed E-state index contributed by atoms with van der Waals surface area (Å²) >= 11 is 0. The Morgan fingerprint density at radius 3 is 2.48 bits per heavy atom. The topological polar surface area (TPSA) is 34.1 Å². The quantitative estimate of drug-likeness (QED) is 0.608. The molecule has 1 aliphatic rings. The average Bonchev–Trinajstić information content (AvgIpc) is 2.67. The van der Waals surface area contributed by atoms with Crippen LogP contribution in [-0.2, 0) is 0 Å². The minimum absolute atomic E-state index is 0.509. The molecule has 0 aliphatic carbocycles. The van der Waals surface area contributed by atoms with Crippen LogP contribution >= 0.6 is 0 Å². The molecule has 1 fully saturated rings. The van der Waals surface area contributed by atoms with Crippen molar-refractivity contribution in [3.05, 3.63) is 30.3 Å². The van der Waals surface area contributed by atoms with Crippen molar-refractivity contribution in [2.24, 2.45) is 4.99 Å². The van der Waals surface area contributed by atoms with Crippen LogP contribution in [0.15, 0.2) is 35.3 Å². The number of anilines is 1. The summed E-state index contributed by atoms with van der Waals surface area (Å²) in [6, 6.07) is 11.2. The van der Waals surface area contributed by atoms with E-state index in [0.29, 0.717) is 6.04 Å². The van der Waals surface area contributed by atoms with Gasteiger partial charge in [0, 0.05) is 65.1 Å². The first-order valence-electron chi connectivity index (χ1n) is 9.61. The van der Waals surface area contributed by atoms with Crippen molar-refractivity contribution in [1.82, 2.24) is 15.1 Å². The molecule has 25 heavy (non-hydrogen) atoms. The van der Waals surface area contributed by atoms with E-state index < -0.39 is 0 Å². The van der Waals surface area contributed by atoms with Gasteiger partial charge in [-0.3, -0.25) is 9.89 Å². The number of unbranched alkanes of at least 4 members (excludes halogenated alkanes) is 1. The Labute approximate surface area is 153 Å². The van der Waals surface area contributed by atoms with Crippen LogP contribution in [0.4, 0.5) is 5.69 Å². The van der Waals surface area contributed by atoms with E-state index in [1.54, 1.807) is 0 Å². The van der Waals surface area contributed by atoms with E-state index in [-0.39, 0.29) is 0 Å². The molecule has 140 valence electrons. The van der Waals surface area contributed by atoms with E-state index in [1.165, 1.54) is 18.5 Å². The number of guanidine groups is 1. The third-order valence-corrected chi connectivity index (χ3v) is 5.03. The summed E-state index contributed by atoms with van der Waals surface area (Å²) in [6.07, 6.45) is 2.41. The van der Waals surface area contributed by atoms with Gasteiger partial charge in [0.2, 0.25) is 0 Å². The third kappa shape index (κ3) is 5.92. The molecule has 1 aliphatic heterocycles. The van der Waals surface area contributed by atoms with Crippen molar-refractivity contribution in [2.45, 2.75) is 32.7 Å². The largest absolute Gasteiger partial charge is 0.369 e. The maximum absolute atomic E-state index is 4.41. The van der Waals surface area contributed by atoms with Crippen LogP contribution in [0.1, 0.15) is 26.7 Å². The SMILES string of the molecule is CCCCN(C)C(=NC)NCC(C)N1CCN(c2ccccc2)CC1. The van der Waals surface area contributed by atoms with E-state index in [9.17, 15) is 0 Å². The van der Waals surface area contributed by atoms with Gasteiger partial charge < -0.3 is 15.1 Å². The molecule has 1 N–H and O–H groups in total. The van der Waals surface area contributed by atoms with Crippen LogP contribution in [0.5, 0.6) is 0 Å². The summed E-state index contributed by atoms with van der Waals surface area (Å²) in [5, 5.41) is 3.54. The van der Waals surface area contributed by atoms with Gasteiger partial charge in [0.1, 0.15) is 0 Å². The molecule has 5 heteroatoms. The molecule has 1 unspecified atom stereocenters. The van der Waals surface area contributed by atoms with Gasteiger partial charge in [0.15, 0.2) is 5.96 Å². The zero-order valence-electron chi connectivity index (χ0n) is 16.4. The van der Waals surface area contributed by atoms with E-state index in [2.05, 4.69) is 76.2 Å². The Hall–Kier alpha value is -1.75. The highest BCUT2D eigenvalue weighted by Crippen LogP contribution is 2.16. The lowest BCUT2D eigenvalue weighted by molar-refractivity contribution is 0.196. The first-order valence-corrected chi connectivity index (χ1v) is 9.61. The van der Waals surface area contributed by atoms with E-state index >= 15 is 0 Å². The fourth-order valence-corrected chi connectivity index (χ4v) is 3.31. The van der Waals surface area contributed by atoms with Crippen LogP contribution in [0.3, 0.4) is 0 Å². The molecule has 1 saturated heterocycles. The van der Waals surface area contributed by atoms with Crippen molar-refractivity contribution in [2.75, 3.05) is 58.3 Å². The second-order valence-corrected chi connectivity index (χ2v) is 6.91. The van der Waals surface area contributed by atoms with Crippen LogP contribution < -0.4 is 10.2 Å². The highest BCUT2D eigenvalue weighted by molar-refractivity contribution is 5.79. The van der Waals surface area contributed by atoms with Gasteiger partial charge in [-0.25, -0.2) is 0 Å². The van der Waals surface area contributed by atoms with Crippen molar-refractivity contribution in [3.8, 4) is 0 Å². The molecule has 0 saturated carbocycles. The van der Waals surface area contributed by atoms with Crippen LogP contribution in [0.25, 0.3) is 0 Å². The molecular weight excluding hydrogens is 310 g/mol. The molecule has 0 bridgehead atoms. The van der Waals surface area contributed by atoms with Gasteiger partial charge in [-0.1, -0.05) is 31.5 Å². The predicted octanol–water partition coefficient (Wildman–Crippen LogP) is 2.50. The summed E-state index contributed by atoms with van der Waals surface area (Å²) in [4.78, 5) is 11.7. The van der Waals surface area contributed by atoms with Gasteiger partial charge in [0.05, 0.1) is 0 Å². The molecule has 0 spiro atoms. The molecule has 0 amide bonds. The Balaban J connectivity index is 1.75. The molecule has 1 atom stereocenters. The lowest BCUT2D eigenvalue weighted by Gasteiger charge is -2.39. The number of piperazine rings is 1. The normalized spacial score (nSPS) is 17.4. The van der Waals surface area contributed by atoms with Crippen molar-refractivity contribution in [3.63, 3.8) is 0 Å². The molecule has 0 radical (unpaired) electrons. The zero-order valence-corrected chi connectivity index (χ0v) is 16.4. The number of para-hydroxylation sites is 1. The number of aliphatic imine (C=N–C) groups is 1. The van der Waals surface area contributed by atoms with Crippen molar-refractivity contribution < 1.29 is 0 Å². The van der Waals surface area contributed by atoms with Gasteiger partial charge in [-0.2, -0.15) is 0 Å². The molecule has 0 aromatic heterocycles. The van der Waals surface area contributed by atoms with Gasteiger partial charge in [0.25, 0.3) is 0 Å². The number of benzene rings is 1. The van der Waals surface area contributed by atoms with E-state index in [1.807, 2.05) is 7.05 Å². The minimum Gasteiger partial charge on any atom is -0.369 e. The first-order chi connectivity index (χ1) is 12.2. The number of hydrogen-bond donors (Lipinski definition) is 1. The van der Waals surface area contributed by atoms with Crippen molar-refractivity contribution in [1.29, 1.82) is 0 Å². The van der Waals surface area contributed by atoms with Gasteiger partial charge >= 0.3 is 0 Å². The molecule has 1 heterocycles. The Kier molecular flexibility index (Phi) is 8.06. The second kappa shape index (κ2) is 10.3. The summed E-state index contributed by atoms with van der Waals surface area (Å²) in [6.45, 7) is 10.9. The molecular formula is C20H35N5. The fraction of sp³-hybridized carbons (Fsp3) is 0.650. The molecule has 1 aromatic rings. The summed E-state index contributed by atoms with van der Waals surface area (Å²) < 4.78 is 0. The lowest BCUT2D eigenvalue weighted by atomic mass is 10.2. The summed E-state index contributed by atoms with van der Waals surface area (Å²) in [5.74, 6) is 1.00. The number of hydrogen-bond acceptors (Lipinski definition) is 3. The monoisotopic (exact) mass is 345 g/mol. The van der Waals surface area contributed by atoms with Crippen LogP contribution in [-0.4, -0.2) is 75.2 Å². The minimum atomic E-state index is 0.509. The third-order valence-electron chi connectivity index (χ3n) is 5.03. The number of rotatable bonds is 7. The molecule has 1 aromatic carbocycles. The Morgan fingerprint density at radius 2 is 1.88 bits per heavy atom. The molecule has 2 rings (SSSR count). The van der Waals surface area contributed by atoms with Gasteiger partial charge in [-0.05, 0) is 25.5 Å². The maximum Gasteiger partial charge on any atom is 0.193 e. The lowest BCUT2D eigenvalue weighted by Crippen LogP contribution is -2.53. The Bertz CT molecular complexity index is 508. The predicted molar refractivity (Wildman–Crippen MR) is 109 cm³/mol. The second-order valence-electron chi connectivity index (χ2n) is 6.91. The number of nitrogens with zero attached hydrogens (tertiary/aromatic N) is 4. The van der Waals surface area contributed by atoms with Crippen LogP contribution in [0.2, 0.25) is 0 Å². The highest BCUT2D eigenvalue weighted by atomic mass is 15.3. The highest BCUT2D eigenvalue weighted by Gasteiger charge is 2.21. The average molecular weight is 346 g/mol. The standard InChI is InChI=1S/C20H35N5/c1-5-6-12-23(4)20(21-3)22-17-18(2)24-13-15-25(16-14-24)19-10-8-7-9-11-19/h7-11,18H,5-6,12-17H2,1-4H3,(H,21,22). The van der Waals surface area contributed by atoms with E-state index in [4.69, 9.17) is 0 Å². The Morgan fingerprint density at radius 1 is 1.20 bits per heavy atom. The first kappa shape index (κ1) is 19.6. The van der Waals surface area contributed by atoms with Gasteiger partial charge in [-0.15, -0.1) is 0 Å². The fourth-order valence-electron chi connectivity index (χ4n) is 3.31. The zero-order chi connectivity index (χ0) is 18.1. The van der Waals surface area contributed by atoms with Crippen molar-refractivity contribution >= 4 is 11.6 Å². The van der Waals surface area contributed by atoms with Crippen LogP contribution in [0, 0.1) is 0 Å². The summed E-state index contributed by atoms with van der Waals surface area (Å²) in [7, 11) is 3.99.